The number of urea groups is 1. The van der Waals surface area contributed by atoms with Crippen molar-refractivity contribution in [2.24, 2.45) is 13.0 Å². The monoisotopic (exact) mass is 325 g/mol. The lowest BCUT2D eigenvalue weighted by Gasteiger charge is -2.46. The molecule has 0 radical (unpaired) electrons. The summed E-state index contributed by atoms with van der Waals surface area (Å²) in [5.41, 5.74) is 1.21. The van der Waals surface area contributed by atoms with Gasteiger partial charge in [-0.25, -0.2) is 4.79 Å². The first-order chi connectivity index (χ1) is 11.3. The van der Waals surface area contributed by atoms with Crippen molar-refractivity contribution in [2.75, 3.05) is 0 Å². The Labute approximate surface area is 141 Å². The highest BCUT2D eigenvalue weighted by atomic mass is 16.2. The maximum Gasteiger partial charge on any atom is 0.315 e. The number of carbonyl (C=O) groups excluding carboxylic acids is 2. The molecular weight excluding hydrogens is 302 g/mol. The van der Waals surface area contributed by atoms with Crippen molar-refractivity contribution in [1.82, 2.24) is 15.2 Å². The zero-order valence-electron chi connectivity index (χ0n) is 14.3. The van der Waals surface area contributed by atoms with Crippen LogP contribution in [0.3, 0.4) is 0 Å². The minimum atomic E-state index is -0.382. The van der Waals surface area contributed by atoms with E-state index < -0.39 is 0 Å². The molecule has 126 valence electrons. The molecule has 3 unspecified atom stereocenters. The molecule has 2 amide bonds. The van der Waals surface area contributed by atoms with E-state index in [-0.39, 0.29) is 28.8 Å². The quantitative estimate of drug-likeness (QED) is 0.834. The standard InChI is InChI=1S/C19H23N3O2/c1-18-9-8-12(10-19(18,2)21-17(24)20-18)16(23)14-11-22(3)15-7-5-4-6-13(14)15/h4-7,11-12H,8-10H2,1-3H3,(H2,20,21,24). The summed E-state index contributed by atoms with van der Waals surface area (Å²) in [6, 6.07) is 7.88. The van der Waals surface area contributed by atoms with E-state index in [4.69, 9.17) is 0 Å². The summed E-state index contributed by atoms with van der Waals surface area (Å²) in [5.74, 6) is 0.130. The molecule has 0 spiro atoms. The predicted octanol–water partition coefficient (Wildman–Crippen LogP) is 2.99. The first-order valence-electron chi connectivity index (χ1n) is 8.52. The number of aromatic nitrogens is 1. The van der Waals surface area contributed by atoms with Crippen LogP contribution in [0.5, 0.6) is 0 Å². The molecule has 2 aromatic rings. The smallest absolute Gasteiger partial charge is 0.315 e. The molecule has 1 aromatic heterocycles. The van der Waals surface area contributed by atoms with Crippen molar-refractivity contribution in [2.45, 2.75) is 44.2 Å². The third-order valence-electron chi connectivity index (χ3n) is 6.18. The fraction of sp³-hybridized carbons (Fsp3) is 0.474. The number of rotatable bonds is 2. The third kappa shape index (κ3) is 2.00. The van der Waals surface area contributed by atoms with Gasteiger partial charge in [-0.2, -0.15) is 0 Å². The van der Waals surface area contributed by atoms with Crippen LogP contribution in [0.25, 0.3) is 10.9 Å². The molecule has 1 aromatic carbocycles. The number of hydrogen-bond donors (Lipinski definition) is 2. The summed E-state index contributed by atoms with van der Waals surface area (Å²) in [5, 5.41) is 7.10. The van der Waals surface area contributed by atoms with E-state index in [1.807, 2.05) is 49.0 Å². The molecule has 1 saturated heterocycles. The first kappa shape index (κ1) is 15.2. The van der Waals surface area contributed by atoms with Gasteiger partial charge in [-0.15, -0.1) is 0 Å². The van der Waals surface area contributed by atoms with E-state index in [0.29, 0.717) is 6.42 Å². The van der Waals surface area contributed by atoms with Crippen molar-refractivity contribution >= 4 is 22.7 Å². The van der Waals surface area contributed by atoms with E-state index in [1.54, 1.807) is 0 Å². The minimum absolute atomic E-state index is 0.0610. The maximum atomic E-state index is 13.2. The molecule has 2 heterocycles. The molecule has 3 atom stereocenters. The normalized spacial score (nSPS) is 32.3. The van der Waals surface area contributed by atoms with Crippen LogP contribution in [0.1, 0.15) is 43.5 Å². The zero-order chi connectivity index (χ0) is 17.1. The first-order valence-corrected chi connectivity index (χ1v) is 8.52. The van der Waals surface area contributed by atoms with Gasteiger partial charge in [-0.05, 0) is 39.2 Å². The average Bonchev–Trinajstić information content (AvgIpc) is 2.99. The van der Waals surface area contributed by atoms with Gasteiger partial charge in [0, 0.05) is 35.6 Å². The fourth-order valence-corrected chi connectivity index (χ4v) is 4.46. The number of Topliss-reactive ketones (excluding diaryl/α,β-unsaturated/α-hetero) is 1. The van der Waals surface area contributed by atoms with Crippen LogP contribution in [0.15, 0.2) is 30.5 Å². The van der Waals surface area contributed by atoms with E-state index in [0.717, 1.165) is 29.3 Å². The number of benzene rings is 1. The van der Waals surface area contributed by atoms with Crippen LogP contribution in [0, 0.1) is 5.92 Å². The van der Waals surface area contributed by atoms with Gasteiger partial charge in [0.05, 0.1) is 11.1 Å². The summed E-state index contributed by atoms with van der Waals surface area (Å²) < 4.78 is 2.01. The number of fused-ring (bicyclic) bond motifs is 2. The van der Waals surface area contributed by atoms with E-state index in [2.05, 4.69) is 17.6 Å². The second-order valence-corrected chi connectivity index (χ2v) is 7.72. The molecule has 1 aliphatic carbocycles. The molecule has 5 heteroatoms. The number of nitrogens with zero attached hydrogens (tertiary/aromatic N) is 1. The Kier molecular flexibility index (Phi) is 3.08. The number of para-hydroxylation sites is 1. The van der Waals surface area contributed by atoms with Gasteiger partial charge in [0.2, 0.25) is 0 Å². The van der Waals surface area contributed by atoms with Crippen LogP contribution in [-0.4, -0.2) is 27.5 Å². The largest absolute Gasteiger partial charge is 0.350 e. The molecule has 1 saturated carbocycles. The Morgan fingerprint density at radius 3 is 2.71 bits per heavy atom. The van der Waals surface area contributed by atoms with Gasteiger partial charge in [0.25, 0.3) is 0 Å². The predicted molar refractivity (Wildman–Crippen MR) is 93.1 cm³/mol. The molecule has 5 nitrogen and oxygen atoms in total. The van der Waals surface area contributed by atoms with Crippen LogP contribution in [-0.2, 0) is 7.05 Å². The Hall–Kier alpha value is -2.30. The van der Waals surface area contributed by atoms with Crippen LogP contribution >= 0.6 is 0 Å². The molecule has 2 aliphatic rings. The Bertz CT molecular complexity index is 855. The van der Waals surface area contributed by atoms with Crippen molar-refractivity contribution in [1.29, 1.82) is 0 Å². The van der Waals surface area contributed by atoms with Crippen molar-refractivity contribution < 1.29 is 9.59 Å². The lowest BCUT2D eigenvalue weighted by molar-refractivity contribution is 0.0755. The number of aryl methyl sites for hydroxylation is 1. The highest BCUT2D eigenvalue weighted by Crippen LogP contribution is 2.43. The van der Waals surface area contributed by atoms with E-state index in [1.165, 1.54) is 0 Å². The maximum absolute atomic E-state index is 13.2. The molecule has 4 rings (SSSR count). The lowest BCUT2D eigenvalue weighted by Crippen LogP contribution is -2.60. The molecule has 24 heavy (non-hydrogen) atoms. The van der Waals surface area contributed by atoms with Crippen molar-refractivity contribution in [3.05, 3.63) is 36.0 Å². The SMILES string of the molecule is Cn1cc(C(=O)C2CCC3(C)NC(=O)NC3(C)C2)c2ccccc21. The molecule has 1 aliphatic heterocycles. The van der Waals surface area contributed by atoms with Crippen molar-refractivity contribution in [3.63, 3.8) is 0 Å². The lowest BCUT2D eigenvalue weighted by atomic mass is 9.65. The van der Waals surface area contributed by atoms with Crippen LogP contribution in [0.4, 0.5) is 4.79 Å². The summed E-state index contributed by atoms with van der Waals surface area (Å²) >= 11 is 0. The summed E-state index contributed by atoms with van der Waals surface area (Å²) in [6.45, 7) is 4.12. The second kappa shape index (κ2) is 4.85. The number of hydrogen-bond acceptors (Lipinski definition) is 2. The van der Waals surface area contributed by atoms with Crippen molar-refractivity contribution in [3.8, 4) is 0 Å². The minimum Gasteiger partial charge on any atom is -0.350 e. The van der Waals surface area contributed by atoms with Crippen LogP contribution < -0.4 is 10.6 Å². The zero-order valence-corrected chi connectivity index (χ0v) is 14.3. The van der Waals surface area contributed by atoms with Gasteiger partial charge in [0.1, 0.15) is 0 Å². The molecule has 2 fully saturated rings. The number of ketones is 1. The highest BCUT2D eigenvalue weighted by molar-refractivity contribution is 6.09. The van der Waals surface area contributed by atoms with Crippen LogP contribution in [0.2, 0.25) is 0 Å². The Morgan fingerprint density at radius 2 is 1.92 bits per heavy atom. The number of amides is 2. The van der Waals surface area contributed by atoms with Gasteiger partial charge in [-0.3, -0.25) is 4.79 Å². The van der Waals surface area contributed by atoms with E-state index >= 15 is 0 Å². The summed E-state index contributed by atoms with van der Waals surface area (Å²) in [4.78, 5) is 25.0. The van der Waals surface area contributed by atoms with E-state index in [9.17, 15) is 9.59 Å². The summed E-state index contributed by atoms with van der Waals surface area (Å²) in [6.07, 6.45) is 4.22. The molecule has 2 N–H and O–H groups in total. The molecule has 0 bridgehead atoms. The Morgan fingerprint density at radius 1 is 1.21 bits per heavy atom. The second-order valence-electron chi connectivity index (χ2n) is 7.72. The number of nitrogens with one attached hydrogen (secondary N) is 2. The highest BCUT2D eigenvalue weighted by Gasteiger charge is 2.56. The van der Waals surface area contributed by atoms with Gasteiger partial charge < -0.3 is 15.2 Å². The van der Waals surface area contributed by atoms with Gasteiger partial charge in [0.15, 0.2) is 5.78 Å². The third-order valence-corrected chi connectivity index (χ3v) is 6.18. The topological polar surface area (TPSA) is 63.1 Å². The summed E-state index contributed by atoms with van der Waals surface area (Å²) in [7, 11) is 1.97. The van der Waals surface area contributed by atoms with Gasteiger partial charge in [-0.1, -0.05) is 18.2 Å². The number of carbonyl (C=O) groups is 2. The molecular formula is C19H23N3O2. The average molecular weight is 325 g/mol. The fourth-order valence-electron chi connectivity index (χ4n) is 4.46. The van der Waals surface area contributed by atoms with Gasteiger partial charge >= 0.3 is 6.03 Å². The Balaban J connectivity index is 1.67.